The summed E-state index contributed by atoms with van der Waals surface area (Å²) in [5.74, 6) is -2.00. The lowest BCUT2D eigenvalue weighted by atomic mass is 9.89. The number of hydrogen-bond acceptors (Lipinski definition) is 10. The number of alkyl halides is 3. The smallest absolute Gasteiger partial charge is 0.416 e. The summed E-state index contributed by atoms with van der Waals surface area (Å²) >= 11 is 0. The van der Waals surface area contributed by atoms with Gasteiger partial charge >= 0.3 is 12.1 Å². The molecule has 0 radical (unpaired) electrons. The number of nitrogens with zero attached hydrogens (tertiary/aromatic N) is 1. The van der Waals surface area contributed by atoms with Gasteiger partial charge in [0.05, 0.1) is 17.8 Å². The third kappa shape index (κ3) is 12.9. The minimum absolute atomic E-state index is 0.0475. The lowest BCUT2D eigenvalue weighted by Crippen LogP contribution is -2.41. The molecule has 0 heterocycles. The molecule has 2 unspecified atom stereocenters. The van der Waals surface area contributed by atoms with Crippen molar-refractivity contribution < 1.29 is 57.5 Å². The Kier molecular flexibility index (Phi) is 14.6. The van der Waals surface area contributed by atoms with E-state index in [9.17, 15) is 48.2 Å². The maximum absolute atomic E-state index is 12.9. The fourth-order valence-corrected chi connectivity index (χ4v) is 4.59. The summed E-state index contributed by atoms with van der Waals surface area (Å²) in [6, 6.07) is 3.34. The van der Waals surface area contributed by atoms with E-state index in [0.717, 1.165) is 12.1 Å². The van der Waals surface area contributed by atoms with Crippen LogP contribution in [-0.2, 0) is 25.3 Å². The summed E-state index contributed by atoms with van der Waals surface area (Å²) in [6.07, 6.45) is 0.101. The highest BCUT2D eigenvalue weighted by Gasteiger charge is 2.39. The number of hydrogen-bond donors (Lipinski definition) is 4. The average molecular weight is 633 g/mol. The predicted molar refractivity (Wildman–Crippen MR) is 149 cm³/mol. The van der Waals surface area contributed by atoms with Gasteiger partial charge in [0.25, 0.3) is 5.09 Å². The monoisotopic (exact) mass is 632 g/mol. The van der Waals surface area contributed by atoms with Gasteiger partial charge in [0, 0.05) is 18.8 Å². The van der Waals surface area contributed by atoms with E-state index in [1.807, 2.05) is 12.2 Å². The lowest BCUT2D eigenvalue weighted by Gasteiger charge is -2.19. The Morgan fingerprint density at radius 2 is 1.91 bits per heavy atom. The van der Waals surface area contributed by atoms with E-state index in [2.05, 4.69) is 10.2 Å². The van der Waals surface area contributed by atoms with Gasteiger partial charge in [-0.2, -0.15) is 13.2 Å². The fourth-order valence-electron chi connectivity index (χ4n) is 4.59. The normalized spacial score (nSPS) is 22.5. The molecule has 0 aromatic heterocycles. The number of rotatable bonds is 17. The summed E-state index contributed by atoms with van der Waals surface area (Å²) in [5.41, 5.74) is -0.870. The molecule has 1 aromatic rings. The molecule has 1 aliphatic carbocycles. The minimum Gasteiger partial charge on any atom is -0.491 e. The SMILES string of the molecule is CC(CO[N+](=O)[O-])OC(=O)C(C)NC(=O)CCC/C=C\C[C@@H]1[C@@H](/C=C/[C@@H](O)COc2cccc(C(F)(F)F)c2)[C@H](O)C[C@@H]1O. The van der Waals surface area contributed by atoms with E-state index in [1.165, 1.54) is 32.1 Å². The quantitative estimate of drug-likeness (QED) is 0.0656. The maximum atomic E-state index is 12.9. The molecular formula is C29H39F3N2O10. The number of ether oxygens (including phenoxy) is 2. The topological polar surface area (TPSA) is 178 Å². The second kappa shape index (κ2) is 17.6. The third-order valence-corrected chi connectivity index (χ3v) is 6.87. The van der Waals surface area contributed by atoms with Crippen molar-refractivity contribution >= 4 is 11.9 Å². The summed E-state index contributed by atoms with van der Waals surface area (Å²) in [6.45, 7) is 2.11. The van der Waals surface area contributed by atoms with E-state index >= 15 is 0 Å². The van der Waals surface area contributed by atoms with E-state index in [4.69, 9.17) is 9.47 Å². The number of halogens is 3. The van der Waals surface area contributed by atoms with Crippen molar-refractivity contribution in [1.29, 1.82) is 0 Å². The van der Waals surface area contributed by atoms with Crippen molar-refractivity contribution in [2.75, 3.05) is 13.2 Å². The number of benzene rings is 1. The van der Waals surface area contributed by atoms with Gasteiger partial charge in [-0.1, -0.05) is 30.4 Å². The summed E-state index contributed by atoms with van der Waals surface area (Å²) in [4.78, 5) is 38.5. The first-order chi connectivity index (χ1) is 20.7. The first kappa shape index (κ1) is 36.5. The highest BCUT2D eigenvalue weighted by molar-refractivity contribution is 5.84. The van der Waals surface area contributed by atoms with Crippen LogP contribution in [0.15, 0.2) is 48.6 Å². The van der Waals surface area contributed by atoms with Crippen molar-refractivity contribution in [1.82, 2.24) is 5.32 Å². The van der Waals surface area contributed by atoms with Crippen molar-refractivity contribution in [3.8, 4) is 5.75 Å². The Hall–Kier alpha value is -3.69. The van der Waals surface area contributed by atoms with E-state index in [1.54, 1.807) is 6.08 Å². The second-order valence-corrected chi connectivity index (χ2v) is 10.6. The largest absolute Gasteiger partial charge is 0.491 e. The van der Waals surface area contributed by atoms with Crippen LogP contribution in [0.5, 0.6) is 5.75 Å². The van der Waals surface area contributed by atoms with Crippen LogP contribution in [0.1, 0.15) is 51.5 Å². The number of carbonyl (C=O) groups is 2. The van der Waals surface area contributed by atoms with Crippen molar-refractivity contribution in [3.05, 3.63) is 64.2 Å². The van der Waals surface area contributed by atoms with Crippen LogP contribution < -0.4 is 10.1 Å². The van der Waals surface area contributed by atoms with Crippen molar-refractivity contribution in [2.45, 2.75) is 82.6 Å². The number of allylic oxidation sites excluding steroid dienone is 2. The first-order valence-electron chi connectivity index (χ1n) is 14.1. The van der Waals surface area contributed by atoms with E-state index < -0.39 is 65.8 Å². The summed E-state index contributed by atoms with van der Waals surface area (Å²) in [5, 5.41) is 42.8. The maximum Gasteiger partial charge on any atom is 0.416 e. The van der Waals surface area contributed by atoms with Crippen molar-refractivity contribution in [2.24, 2.45) is 11.8 Å². The average Bonchev–Trinajstić information content (AvgIpc) is 3.22. The molecule has 12 nitrogen and oxygen atoms in total. The molecule has 1 saturated carbocycles. The Morgan fingerprint density at radius 1 is 1.18 bits per heavy atom. The zero-order valence-corrected chi connectivity index (χ0v) is 24.4. The number of carbonyl (C=O) groups excluding carboxylic acids is 2. The molecule has 0 aliphatic heterocycles. The summed E-state index contributed by atoms with van der Waals surface area (Å²) < 4.78 is 48.9. The number of nitrogens with one attached hydrogen (secondary N) is 1. The number of esters is 1. The standard InChI is InChI=1S/C29H39F3N2O10/c1-18(16-43-34(40)41)44-28(39)19(2)33-27(38)11-6-4-3-5-10-23-24(26(37)15-25(23)36)13-12-21(35)17-42-22-9-7-8-20(14-22)29(30,31)32/h3,5,7-9,12-14,18-19,21,23-26,35-37H,4,6,10-11,15-17H2,1-2H3,(H,33,38)/b5-3-,13-12+/t18?,19?,21-,23-,24-,25+,26-/m1/s1. The Bertz CT molecular complexity index is 1150. The highest BCUT2D eigenvalue weighted by atomic mass is 19.4. The number of aliphatic hydroxyl groups is 3. The Balaban J connectivity index is 1.74. The molecule has 1 aliphatic rings. The molecule has 246 valence electrons. The molecular weight excluding hydrogens is 593 g/mol. The molecule has 7 atom stereocenters. The zero-order chi connectivity index (χ0) is 32.9. The van der Waals surface area contributed by atoms with E-state index in [-0.39, 0.29) is 37.0 Å². The molecule has 4 N–H and O–H groups in total. The lowest BCUT2D eigenvalue weighted by molar-refractivity contribution is -0.759. The first-order valence-corrected chi connectivity index (χ1v) is 14.1. The highest BCUT2D eigenvalue weighted by Crippen LogP contribution is 2.36. The zero-order valence-electron chi connectivity index (χ0n) is 24.4. The molecule has 1 amide bonds. The molecule has 15 heteroatoms. The van der Waals surface area contributed by atoms with Gasteiger partial charge in [-0.05, 0) is 57.2 Å². The number of aliphatic hydroxyl groups excluding tert-OH is 3. The second-order valence-electron chi connectivity index (χ2n) is 10.6. The van der Waals surface area contributed by atoms with Crippen LogP contribution in [0.25, 0.3) is 0 Å². The van der Waals surface area contributed by atoms with Crippen LogP contribution in [0.4, 0.5) is 13.2 Å². The number of unbranched alkanes of at least 4 members (excludes halogenated alkanes) is 1. The molecule has 0 saturated heterocycles. The molecule has 0 bridgehead atoms. The van der Waals surface area contributed by atoms with Crippen LogP contribution >= 0.6 is 0 Å². The van der Waals surface area contributed by atoms with Crippen LogP contribution in [0, 0.1) is 22.0 Å². The van der Waals surface area contributed by atoms with Crippen LogP contribution in [0.3, 0.4) is 0 Å². The Labute approximate surface area is 252 Å². The van der Waals surface area contributed by atoms with Gasteiger partial charge < -0.3 is 34.9 Å². The van der Waals surface area contributed by atoms with Gasteiger partial charge in [0.1, 0.15) is 37.2 Å². The van der Waals surface area contributed by atoms with Crippen LogP contribution in [-0.4, -0.2) is 76.0 Å². The van der Waals surface area contributed by atoms with Crippen molar-refractivity contribution in [3.63, 3.8) is 0 Å². The van der Waals surface area contributed by atoms with Gasteiger partial charge in [-0.15, -0.1) is 10.1 Å². The van der Waals surface area contributed by atoms with Gasteiger partial charge in [0.15, 0.2) is 0 Å². The summed E-state index contributed by atoms with van der Waals surface area (Å²) in [7, 11) is 0. The van der Waals surface area contributed by atoms with E-state index in [0.29, 0.717) is 19.3 Å². The molecule has 2 rings (SSSR count). The molecule has 44 heavy (non-hydrogen) atoms. The predicted octanol–water partition coefficient (Wildman–Crippen LogP) is 3.12. The Morgan fingerprint density at radius 3 is 2.59 bits per heavy atom. The third-order valence-electron chi connectivity index (χ3n) is 6.87. The minimum atomic E-state index is -4.52. The number of amides is 1. The molecule has 0 spiro atoms. The van der Waals surface area contributed by atoms with Gasteiger partial charge in [-0.25, -0.2) is 4.79 Å². The van der Waals surface area contributed by atoms with Crippen LogP contribution in [0.2, 0.25) is 0 Å². The fraction of sp³-hybridized carbons (Fsp3) is 0.586. The molecule has 1 aromatic carbocycles. The van der Waals surface area contributed by atoms with Gasteiger partial charge in [-0.3, -0.25) is 4.79 Å². The molecule has 1 fully saturated rings. The van der Waals surface area contributed by atoms with Gasteiger partial charge in [0.2, 0.25) is 5.91 Å².